The number of hydrogen-bond acceptors (Lipinski definition) is 4. The molecule has 0 spiro atoms. The average molecular weight is 249 g/mol. The number of carbonyl (C=O) groups is 1. The van der Waals surface area contributed by atoms with E-state index in [1.807, 2.05) is 0 Å². The van der Waals surface area contributed by atoms with Gasteiger partial charge in [0.1, 0.15) is 5.82 Å². The van der Waals surface area contributed by atoms with Gasteiger partial charge in [-0.1, -0.05) is 12.1 Å². The van der Waals surface area contributed by atoms with E-state index in [0.717, 1.165) is 0 Å². The van der Waals surface area contributed by atoms with Crippen molar-refractivity contribution in [2.24, 2.45) is 0 Å². The van der Waals surface area contributed by atoms with Crippen molar-refractivity contribution in [2.45, 2.75) is 13.8 Å². The number of rotatable bonds is 3. The molecule has 0 atom stereocenters. The Hall–Kier alpha value is -2.24. The first-order valence-electron chi connectivity index (χ1n) is 5.48. The third-order valence-electron chi connectivity index (χ3n) is 2.39. The molecule has 0 aliphatic carbocycles. The average Bonchev–Trinajstić information content (AvgIpc) is 2.82. The summed E-state index contributed by atoms with van der Waals surface area (Å²) < 4.78 is 18.6. The lowest BCUT2D eigenvalue weighted by atomic mass is 10.1. The van der Waals surface area contributed by atoms with Crippen LogP contribution in [0.1, 0.15) is 23.1 Å². The van der Waals surface area contributed by atoms with Gasteiger partial charge in [0.25, 0.3) is 0 Å². The quantitative estimate of drug-likeness (QED) is 0.846. The number of ether oxygens (including phenoxy) is 1. The van der Waals surface area contributed by atoms with Gasteiger partial charge in [0, 0.05) is 0 Å². The summed E-state index contributed by atoms with van der Waals surface area (Å²) in [6.07, 6.45) is 0. The monoisotopic (exact) mass is 249 g/mol. The normalized spacial score (nSPS) is 10.4. The Kier molecular flexibility index (Phi) is 3.36. The fraction of sp³-hybridized carbons (Fsp3) is 0.250. The van der Waals surface area contributed by atoms with E-state index in [2.05, 4.69) is 15.2 Å². The van der Waals surface area contributed by atoms with Gasteiger partial charge in [-0.05, 0) is 25.5 Å². The SMILES string of the molecule is CCOC(=O)c1nc(-c2cccc(C)c2F)n[nH]1. The molecule has 0 amide bonds. The summed E-state index contributed by atoms with van der Waals surface area (Å²) in [4.78, 5) is 15.3. The molecular weight excluding hydrogens is 237 g/mol. The molecule has 2 rings (SSSR count). The van der Waals surface area contributed by atoms with Crippen LogP contribution in [0.25, 0.3) is 11.4 Å². The second-order valence-electron chi connectivity index (χ2n) is 3.66. The summed E-state index contributed by atoms with van der Waals surface area (Å²) in [6.45, 7) is 3.58. The van der Waals surface area contributed by atoms with Crippen LogP contribution in [0.4, 0.5) is 4.39 Å². The molecule has 1 aromatic heterocycles. The van der Waals surface area contributed by atoms with Crippen molar-refractivity contribution in [3.8, 4) is 11.4 Å². The number of hydrogen-bond donors (Lipinski definition) is 1. The minimum absolute atomic E-state index is 0.0345. The lowest BCUT2D eigenvalue weighted by Crippen LogP contribution is -2.06. The van der Waals surface area contributed by atoms with Crippen molar-refractivity contribution >= 4 is 5.97 Å². The van der Waals surface area contributed by atoms with Gasteiger partial charge in [0.15, 0.2) is 5.82 Å². The molecule has 0 fully saturated rings. The van der Waals surface area contributed by atoms with Gasteiger partial charge in [-0.25, -0.2) is 14.2 Å². The standard InChI is InChI=1S/C12H12FN3O2/c1-3-18-12(17)11-14-10(15-16-11)8-6-4-5-7(2)9(8)13/h4-6H,3H2,1-2H3,(H,14,15,16). The van der Waals surface area contributed by atoms with Crippen molar-refractivity contribution in [1.29, 1.82) is 0 Å². The predicted molar refractivity (Wildman–Crippen MR) is 62.5 cm³/mol. The van der Waals surface area contributed by atoms with E-state index in [-0.39, 0.29) is 23.8 Å². The van der Waals surface area contributed by atoms with Crippen molar-refractivity contribution in [2.75, 3.05) is 6.61 Å². The summed E-state index contributed by atoms with van der Waals surface area (Å²) in [5.41, 5.74) is 0.747. The fourth-order valence-electron chi connectivity index (χ4n) is 1.49. The Labute approximate surface area is 103 Å². The molecule has 18 heavy (non-hydrogen) atoms. The smallest absolute Gasteiger partial charge is 0.375 e. The minimum atomic E-state index is -0.607. The highest BCUT2D eigenvalue weighted by Gasteiger charge is 2.16. The van der Waals surface area contributed by atoms with Crippen LogP contribution in [0.2, 0.25) is 0 Å². The summed E-state index contributed by atoms with van der Waals surface area (Å²) in [7, 11) is 0. The molecule has 6 heteroatoms. The molecule has 1 heterocycles. The van der Waals surface area contributed by atoms with Crippen molar-refractivity contribution in [3.05, 3.63) is 35.4 Å². The molecule has 0 aliphatic heterocycles. The Morgan fingerprint density at radius 3 is 3.00 bits per heavy atom. The van der Waals surface area contributed by atoms with Gasteiger partial charge in [-0.15, -0.1) is 0 Å². The number of benzene rings is 1. The van der Waals surface area contributed by atoms with Crippen LogP contribution in [0.5, 0.6) is 0 Å². The zero-order valence-electron chi connectivity index (χ0n) is 10.0. The van der Waals surface area contributed by atoms with E-state index >= 15 is 0 Å². The Bertz CT molecular complexity index is 580. The predicted octanol–water partition coefficient (Wildman–Crippen LogP) is 2.10. The summed E-state index contributed by atoms with van der Waals surface area (Å²) >= 11 is 0. The molecular formula is C12H12FN3O2. The van der Waals surface area contributed by atoms with Gasteiger partial charge in [-0.2, -0.15) is 5.10 Å². The van der Waals surface area contributed by atoms with Gasteiger partial charge in [0.05, 0.1) is 12.2 Å². The Morgan fingerprint density at radius 1 is 1.50 bits per heavy atom. The van der Waals surface area contributed by atoms with E-state index in [0.29, 0.717) is 5.56 Å². The fourth-order valence-corrected chi connectivity index (χ4v) is 1.49. The van der Waals surface area contributed by atoms with Gasteiger partial charge in [-0.3, -0.25) is 5.10 Å². The highest BCUT2D eigenvalue weighted by atomic mass is 19.1. The minimum Gasteiger partial charge on any atom is -0.460 e. The molecule has 0 saturated carbocycles. The van der Waals surface area contributed by atoms with E-state index in [9.17, 15) is 9.18 Å². The maximum absolute atomic E-state index is 13.8. The van der Waals surface area contributed by atoms with Crippen LogP contribution in [-0.2, 0) is 4.74 Å². The zero-order valence-corrected chi connectivity index (χ0v) is 10.0. The number of nitrogens with zero attached hydrogens (tertiary/aromatic N) is 2. The van der Waals surface area contributed by atoms with Crippen LogP contribution in [0.15, 0.2) is 18.2 Å². The van der Waals surface area contributed by atoms with Gasteiger partial charge >= 0.3 is 5.97 Å². The van der Waals surface area contributed by atoms with Crippen molar-refractivity contribution < 1.29 is 13.9 Å². The highest BCUT2D eigenvalue weighted by molar-refractivity contribution is 5.85. The zero-order chi connectivity index (χ0) is 13.1. The number of aryl methyl sites for hydroxylation is 1. The first kappa shape index (κ1) is 12.2. The molecule has 5 nitrogen and oxygen atoms in total. The summed E-state index contributed by atoms with van der Waals surface area (Å²) in [5, 5.41) is 6.25. The summed E-state index contributed by atoms with van der Waals surface area (Å²) in [6, 6.07) is 4.91. The number of carbonyl (C=O) groups excluding carboxylic acids is 1. The van der Waals surface area contributed by atoms with Gasteiger partial charge < -0.3 is 4.74 Å². The van der Waals surface area contributed by atoms with Crippen LogP contribution in [0.3, 0.4) is 0 Å². The second-order valence-corrected chi connectivity index (χ2v) is 3.66. The largest absolute Gasteiger partial charge is 0.460 e. The van der Waals surface area contributed by atoms with Gasteiger partial charge in [0.2, 0.25) is 5.82 Å². The first-order chi connectivity index (χ1) is 8.63. The maximum atomic E-state index is 13.8. The lowest BCUT2D eigenvalue weighted by molar-refractivity contribution is 0.0512. The number of nitrogens with one attached hydrogen (secondary N) is 1. The van der Waals surface area contributed by atoms with Crippen molar-refractivity contribution in [3.63, 3.8) is 0 Å². The molecule has 1 aromatic carbocycles. The number of halogens is 1. The third kappa shape index (κ3) is 2.22. The number of esters is 1. The Morgan fingerprint density at radius 2 is 2.28 bits per heavy atom. The number of H-pyrrole nitrogens is 1. The molecule has 0 aliphatic rings. The molecule has 2 aromatic rings. The lowest BCUT2D eigenvalue weighted by Gasteiger charge is -2.00. The molecule has 0 bridgehead atoms. The van der Waals surface area contributed by atoms with E-state index in [4.69, 9.17) is 4.74 Å². The molecule has 0 saturated heterocycles. The topological polar surface area (TPSA) is 67.9 Å². The number of aromatic nitrogens is 3. The van der Waals surface area contributed by atoms with E-state index < -0.39 is 11.8 Å². The molecule has 1 N–H and O–H groups in total. The highest BCUT2D eigenvalue weighted by Crippen LogP contribution is 2.21. The molecule has 94 valence electrons. The van der Waals surface area contributed by atoms with E-state index in [1.165, 1.54) is 0 Å². The van der Waals surface area contributed by atoms with Crippen LogP contribution in [0, 0.1) is 12.7 Å². The van der Waals surface area contributed by atoms with Crippen molar-refractivity contribution in [1.82, 2.24) is 15.2 Å². The van der Waals surface area contributed by atoms with Crippen LogP contribution >= 0.6 is 0 Å². The van der Waals surface area contributed by atoms with E-state index in [1.54, 1.807) is 32.0 Å². The third-order valence-corrected chi connectivity index (χ3v) is 2.39. The maximum Gasteiger partial charge on any atom is 0.375 e. The second kappa shape index (κ2) is 4.95. The van der Waals surface area contributed by atoms with Crippen LogP contribution < -0.4 is 0 Å². The molecule has 0 radical (unpaired) electrons. The van der Waals surface area contributed by atoms with Crippen LogP contribution in [-0.4, -0.2) is 27.8 Å². The Balaban J connectivity index is 2.35. The number of aromatic amines is 1. The summed E-state index contributed by atoms with van der Waals surface area (Å²) in [5.74, 6) is -0.900. The molecule has 0 unspecified atom stereocenters. The first-order valence-corrected chi connectivity index (χ1v) is 5.48.